The Morgan fingerprint density at radius 1 is 1.29 bits per heavy atom. The Kier molecular flexibility index (Phi) is 6.65. The summed E-state index contributed by atoms with van der Waals surface area (Å²) < 4.78 is 7.06. The smallest absolute Gasteiger partial charge is 0.313 e. The number of hydrogen-bond acceptors (Lipinski definition) is 7. The maximum atomic E-state index is 13.1. The number of carbonyl (C=O) groups excluding carboxylic acids is 1. The summed E-state index contributed by atoms with van der Waals surface area (Å²) in [5.41, 5.74) is 0.0947. The first-order chi connectivity index (χ1) is 14.6. The van der Waals surface area contributed by atoms with Crippen molar-refractivity contribution in [3.8, 4) is 5.75 Å². The van der Waals surface area contributed by atoms with E-state index in [1.807, 2.05) is 13.8 Å². The largest absolute Gasteiger partial charge is 0.418 e. The van der Waals surface area contributed by atoms with Gasteiger partial charge in [0.05, 0.1) is 26.5 Å². The van der Waals surface area contributed by atoms with Crippen LogP contribution in [-0.4, -0.2) is 26.8 Å². The molecule has 0 fully saturated rings. The average Bonchev–Trinajstić information content (AvgIpc) is 2.68. The molecule has 0 atom stereocenters. The molecule has 0 aliphatic heterocycles. The summed E-state index contributed by atoms with van der Waals surface area (Å²) >= 11 is 6.53. The molecule has 1 aromatic heterocycles. The maximum absolute atomic E-state index is 13.1. The third kappa shape index (κ3) is 4.88. The second-order valence-electron chi connectivity index (χ2n) is 6.85. The molecule has 0 unspecified atom stereocenters. The number of rotatable bonds is 5. The van der Waals surface area contributed by atoms with E-state index in [4.69, 9.17) is 4.74 Å². The molecule has 1 heterocycles. The van der Waals surface area contributed by atoms with E-state index in [1.54, 1.807) is 18.2 Å². The van der Waals surface area contributed by atoms with E-state index in [0.29, 0.717) is 22.3 Å². The van der Waals surface area contributed by atoms with Gasteiger partial charge < -0.3 is 4.74 Å². The Labute approximate surface area is 193 Å². The molecular weight excluding hydrogens is 536 g/mol. The van der Waals surface area contributed by atoms with Gasteiger partial charge in [0.1, 0.15) is 5.82 Å². The number of nitro benzene ring substituents is 1. The zero-order valence-corrected chi connectivity index (χ0v) is 19.8. The van der Waals surface area contributed by atoms with E-state index in [9.17, 15) is 19.7 Å². The van der Waals surface area contributed by atoms with E-state index in [0.717, 1.165) is 11.4 Å². The highest BCUT2D eigenvalue weighted by atomic mass is 79.9. The summed E-state index contributed by atoms with van der Waals surface area (Å²) in [6, 6.07) is 7.91. The van der Waals surface area contributed by atoms with Crippen LogP contribution < -0.4 is 10.3 Å². The monoisotopic (exact) mass is 550 g/mol. The van der Waals surface area contributed by atoms with Gasteiger partial charge in [0.2, 0.25) is 5.75 Å². The molecule has 9 nitrogen and oxygen atoms in total. The molecule has 0 aliphatic carbocycles. The highest BCUT2D eigenvalue weighted by Crippen LogP contribution is 2.36. The summed E-state index contributed by atoms with van der Waals surface area (Å²) in [6.07, 6.45) is 1.31. The molecule has 0 spiro atoms. The normalized spacial score (nSPS) is 11.4. The van der Waals surface area contributed by atoms with Crippen LogP contribution in [-0.2, 0) is 4.79 Å². The Balaban J connectivity index is 2.16. The number of aromatic nitrogens is 2. The summed E-state index contributed by atoms with van der Waals surface area (Å²) in [5.74, 6) is -0.551. The zero-order chi connectivity index (χ0) is 22.9. The lowest BCUT2D eigenvalue weighted by Gasteiger charge is -2.12. The number of halogens is 2. The number of carbonyl (C=O) groups is 1. The van der Waals surface area contributed by atoms with Gasteiger partial charge in [-0.1, -0.05) is 29.8 Å². The molecule has 2 aromatic carbocycles. The van der Waals surface area contributed by atoms with E-state index in [2.05, 4.69) is 41.9 Å². The van der Waals surface area contributed by atoms with Crippen molar-refractivity contribution in [2.45, 2.75) is 26.7 Å². The molecule has 3 aromatic rings. The SMILES string of the molecule is CC(=O)Oc1c(Br)cc(C=Nn2c(C(C)C)nc3ccc(Br)cc3c2=O)cc1[N+](=O)[O-]. The molecule has 0 radical (unpaired) electrons. The quantitative estimate of drug-likeness (QED) is 0.148. The van der Waals surface area contributed by atoms with Crippen LogP contribution in [0.15, 0.2) is 49.2 Å². The van der Waals surface area contributed by atoms with Gasteiger partial charge in [0, 0.05) is 28.9 Å². The molecule has 0 saturated carbocycles. The van der Waals surface area contributed by atoms with Crippen LogP contribution >= 0.6 is 31.9 Å². The third-order valence-electron chi connectivity index (χ3n) is 4.16. The number of ether oxygens (including phenoxy) is 1. The number of esters is 1. The van der Waals surface area contributed by atoms with Crippen LogP contribution in [0.2, 0.25) is 0 Å². The Morgan fingerprint density at radius 3 is 2.61 bits per heavy atom. The van der Waals surface area contributed by atoms with Crippen molar-refractivity contribution in [1.82, 2.24) is 9.66 Å². The van der Waals surface area contributed by atoms with Crippen LogP contribution in [0.5, 0.6) is 5.75 Å². The molecule has 0 aliphatic rings. The minimum Gasteiger partial charge on any atom is -0.418 e. The van der Waals surface area contributed by atoms with Crippen molar-refractivity contribution in [2.24, 2.45) is 5.10 Å². The predicted octanol–water partition coefficient (Wildman–Crippen LogP) is 4.76. The topological polar surface area (TPSA) is 117 Å². The molecule has 3 rings (SSSR count). The van der Waals surface area contributed by atoms with Crippen LogP contribution in [0, 0.1) is 10.1 Å². The van der Waals surface area contributed by atoms with Gasteiger partial charge in [-0.05, 0) is 40.2 Å². The van der Waals surface area contributed by atoms with Crippen LogP contribution in [0.4, 0.5) is 5.69 Å². The average molecular weight is 552 g/mol. The van der Waals surface area contributed by atoms with Crippen LogP contribution in [0.1, 0.15) is 38.1 Å². The molecule has 11 heteroatoms. The van der Waals surface area contributed by atoms with Crippen molar-refractivity contribution in [3.63, 3.8) is 0 Å². The van der Waals surface area contributed by atoms with Crippen LogP contribution in [0.3, 0.4) is 0 Å². The van der Waals surface area contributed by atoms with Crippen molar-refractivity contribution in [1.29, 1.82) is 0 Å². The van der Waals surface area contributed by atoms with Crippen molar-refractivity contribution in [2.75, 3.05) is 0 Å². The molecular formula is C20H16Br2N4O5. The number of nitro groups is 1. The van der Waals surface area contributed by atoms with Crippen LogP contribution in [0.25, 0.3) is 10.9 Å². The molecule has 0 bridgehead atoms. The van der Waals surface area contributed by atoms with Crippen molar-refractivity contribution < 1.29 is 14.5 Å². The summed E-state index contributed by atoms with van der Waals surface area (Å²) in [4.78, 5) is 39.6. The zero-order valence-electron chi connectivity index (χ0n) is 16.6. The summed E-state index contributed by atoms with van der Waals surface area (Å²) in [6.45, 7) is 4.91. The van der Waals surface area contributed by atoms with Crippen molar-refractivity contribution in [3.05, 3.63) is 71.1 Å². The molecule has 31 heavy (non-hydrogen) atoms. The lowest BCUT2D eigenvalue weighted by Crippen LogP contribution is -2.23. The highest BCUT2D eigenvalue weighted by Gasteiger charge is 2.22. The minimum atomic E-state index is -0.688. The van der Waals surface area contributed by atoms with Gasteiger partial charge in [0.15, 0.2) is 0 Å². The second-order valence-corrected chi connectivity index (χ2v) is 8.62. The van der Waals surface area contributed by atoms with E-state index in [-0.39, 0.29) is 21.7 Å². The fourth-order valence-electron chi connectivity index (χ4n) is 2.83. The second kappa shape index (κ2) is 9.06. The fourth-order valence-corrected chi connectivity index (χ4v) is 3.74. The molecule has 160 valence electrons. The van der Waals surface area contributed by atoms with E-state index < -0.39 is 16.6 Å². The Hall–Kier alpha value is -2.92. The fraction of sp³-hybridized carbons (Fsp3) is 0.200. The number of fused-ring (bicyclic) bond motifs is 1. The number of benzene rings is 2. The van der Waals surface area contributed by atoms with E-state index >= 15 is 0 Å². The van der Waals surface area contributed by atoms with Gasteiger partial charge in [-0.25, -0.2) is 4.98 Å². The van der Waals surface area contributed by atoms with Crippen molar-refractivity contribution >= 4 is 60.6 Å². The predicted molar refractivity (Wildman–Crippen MR) is 123 cm³/mol. The summed E-state index contributed by atoms with van der Waals surface area (Å²) in [5, 5.41) is 16.1. The van der Waals surface area contributed by atoms with Gasteiger partial charge >= 0.3 is 11.7 Å². The third-order valence-corrected chi connectivity index (χ3v) is 5.24. The van der Waals surface area contributed by atoms with Gasteiger partial charge in [-0.15, -0.1) is 0 Å². The first kappa shape index (κ1) is 22.8. The Bertz CT molecular complexity index is 1300. The minimum absolute atomic E-state index is 0.106. The number of hydrogen-bond donors (Lipinski definition) is 0. The lowest BCUT2D eigenvalue weighted by molar-refractivity contribution is -0.385. The van der Waals surface area contributed by atoms with E-state index in [1.165, 1.54) is 23.0 Å². The molecule has 0 amide bonds. The maximum Gasteiger partial charge on any atom is 0.313 e. The summed E-state index contributed by atoms with van der Waals surface area (Å²) in [7, 11) is 0. The first-order valence-electron chi connectivity index (χ1n) is 9.01. The molecule has 0 N–H and O–H groups in total. The van der Waals surface area contributed by atoms with Gasteiger partial charge in [-0.2, -0.15) is 9.78 Å². The number of nitrogens with zero attached hydrogens (tertiary/aromatic N) is 4. The first-order valence-corrected chi connectivity index (χ1v) is 10.6. The Morgan fingerprint density at radius 2 is 2.00 bits per heavy atom. The lowest BCUT2D eigenvalue weighted by atomic mass is 10.2. The standard InChI is InChI=1S/C20H16Br2N4O5/c1-10(2)19-24-16-5-4-13(21)8-14(16)20(28)25(19)23-9-12-6-15(22)18(31-11(3)27)17(7-12)26(29)30/h4-10H,1-3H3. The highest BCUT2D eigenvalue weighted by molar-refractivity contribution is 9.10. The molecule has 0 saturated heterocycles. The van der Waals surface area contributed by atoms with Gasteiger partial charge in [0.25, 0.3) is 5.56 Å². The van der Waals surface area contributed by atoms with Gasteiger partial charge in [-0.3, -0.25) is 19.7 Å².